The molecule has 0 amide bonds. The Balaban J connectivity index is 3.05. The van der Waals surface area contributed by atoms with Crippen molar-refractivity contribution >= 4 is 5.69 Å². The highest BCUT2D eigenvalue weighted by molar-refractivity contribution is 5.53. The molecule has 1 heterocycles. The van der Waals surface area contributed by atoms with Crippen molar-refractivity contribution in [1.29, 1.82) is 0 Å². The van der Waals surface area contributed by atoms with Crippen LogP contribution in [-0.2, 0) is 6.54 Å². The Bertz CT molecular complexity index is 397. The average Bonchev–Trinajstić information content (AvgIpc) is 2.45. The van der Waals surface area contributed by atoms with Crippen LogP contribution >= 0.6 is 0 Å². The first-order valence-corrected chi connectivity index (χ1v) is 8.42. The zero-order chi connectivity index (χ0) is 15.8. The molecule has 0 aliphatic rings. The van der Waals surface area contributed by atoms with Crippen molar-refractivity contribution in [1.82, 2.24) is 10.3 Å². The third-order valence-corrected chi connectivity index (χ3v) is 3.83. The Morgan fingerprint density at radius 3 is 2.33 bits per heavy atom. The molecule has 0 spiro atoms. The minimum atomic E-state index is 0.491. The summed E-state index contributed by atoms with van der Waals surface area (Å²) in [5.41, 5.74) is 2.65. The fourth-order valence-electron chi connectivity index (χ4n) is 2.72. The smallest absolute Gasteiger partial charge is 0.0445 e. The Hall–Kier alpha value is -1.09. The predicted molar refractivity (Wildman–Crippen MR) is 92.8 cm³/mol. The molecule has 1 aromatic rings. The molecule has 1 rings (SSSR count). The van der Waals surface area contributed by atoms with Gasteiger partial charge in [0.05, 0.1) is 0 Å². The van der Waals surface area contributed by atoms with Gasteiger partial charge in [0.15, 0.2) is 0 Å². The molecular weight excluding hydrogens is 258 g/mol. The van der Waals surface area contributed by atoms with E-state index in [2.05, 4.69) is 62.8 Å². The van der Waals surface area contributed by atoms with E-state index in [1.165, 1.54) is 24.1 Å². The molecule has 3 heteroatoms. The van der Waals surface area contributed by atoms with Gasteiger partial charge in [-0.15, -0.1) is 0 Å². The summed E-state index contributed by atoms with van der Waals surface area (Å²) in [4.78, 5) is 6.92. The van der Waals surface area contributed by atoms with Gasteiger partial charge in [0.25, 0.3) is 0 Å². The van der Waals surface area contributed by atoms with Gasteiger partial charge in [-0.3, -0.25) is 4.98 Å². The predicted octanol–water partition coefficient (Wildman–Crippen LogP) is 4.23. The first-order valence-electron chi connectivity index (χ1n) is 8.42. The summed E-state index contributed by atoms with van der Waals surface area (Å²) < 4.78 is 0. The monoisotopic (exact) mass is 291 g/mol. The zero-order valence-corrected chi connectivity index (χ0v) is 14.7. The summed E-state index contributed by atoms with van der Waals surface area (Å²) in [7, 11) is 0. The minimum Gasteiger partial charge on any atom is -0.368 e. The summed E-state index contributed by atoms with van der Waals surface area (Å²) in [5.74, 6) is 0.657. The maximum absolute atomic E-state index is 4.33. The van der Waals surface area contributed by atoms with Gasteiger partial charge in [-0.05, 0) is 24.8 Å². The van der Waals surface area contributed by atoms with Gasteiger partial charge in [-0.2, -0.15) is 0 Å². The molecule has 3 nitrogen and oxygen atoms in total. The number of nitrogens with zero attached hydrogens (tertiary/aromatic N) is 2. The summed E-state index contributed by atoms with van der Waals surface area (Å²) in [6, 6.07) is 3.27. The lowest BCUT2D eigenvalue weighted by Crippen LogP contribution is -2.38. The first kappa shape index (κ1) is 18.0. The normalized spacial score (nSPS) is 11.7. The van der Waals surface area contributed by atoms with E-state index in [9.17, 15) is 0 Å². The molecule has 0 aliphatic heterocycles. The van der Waals surface area contributed by atoms with Gasteiger partial charge in [-0.25, -0.2) is 0 Å². The quantitative estimate of drug-likeness (QED) is 0.738. The van der Waals surface area contributed by atoms with Crippen LogP contribution in [0.25, 0.3) is 0 Å². The molecule has 0 unspecified atom stereocenters. The maximum atomic E-state index is 4.33. The summed E-state index contributed by atoms with van der Waals surface area (Å²) >= 11 is 0. The molecule has 0 bridgehead atoms. The second kappa shape index (κ2) is 9.04. The number of anilines is 1. The van der Waals surface area contributed by atoms with E-state index in [-0.39, 0.29) is 0 Å². The van der Waals surface area contributed by atoms with Crippen LogP contribution in [-0.4, -0.2) is 23.6 Å². The number of hydrogen-bond donors (Lipinski definition) is 1. The second-order valence-electron chi connectivity index (χ2n) is 6.56. The molecule has 1 N–H and O–H groups in total. The molecule has 21 heavy (non-hydrogen) atoms. The van der Waals surface area contributed by atoms with E-state index in [0.717, 1.165) is 13.1 Å². The minimum absolute atomic E-state index is 0.491. The molecular formula is C18H33N3. The third-order valence-electron chi connectivity index (χ3n) is 3.83. The number of pyridine rings is 1. The Morgan fingerprint density at radius 2 is 1.81 bits per heavy atom. The van der Waals surface area contributed by atoms with Gasteiger partial charge < -0.3 is 10.2 Å². The Kier molecular flexibility index (Phi) is 7.73. The van der Waals surface area contributed by atoms with Crippen LogP contribution in [0.1, 0.15) is 59.9 Å². The Morgan fingerprint density at radius 1 is 1.14 bits per heavy atom. The van der Waals surface area contributed by atoms with Crippen molar-refractivity contribution < 1.29 is 0 Å². The van der Waals surface area contributed by atoms with Crippen LogP contribution < -0.4 is 10.2 Å². The third kappa shape index (κ3) is 5.66. The van der Waals surface area contributed by atoms with Crippen molar-refractivity contribution in [2.75, 3.05) is 11.4 Å². The highest BCUT2D eigenvalue weighted by atomic mass is 15.2. The van der Waals surface area contributed by atoms with Crippen molar-refractivity contribution in [3.63, 3.8) is 0 Å². The van der Waals surface area contributed by atoms with Crippen LogP contribution in [0, 0.1) is 5.92 Å². The van der Waals surface area contributed by atoms with E-state index in [4.69, 9.17) is 0 Å². The van der Waals surface area contributed by atoms with Crippen molar-refractivity contribution in [2.45, 2.75) is 73.0 Å². The topological polar surface area (TPSA) is 28.2 Å². The van der Waals surface area contributed by atoms with E-state index in [1.807, 2.05) is 12.4 Å². The number of nitrogens with one attached hydrogen (secondary N) is 1. The summed E-state index contributed by atoms with van der Waals surface area (Å²) in [5, 5.41) is 3.52. The van der Waals surface area contributed by atoms with Crippen molar-refractivity contribution in [2.24, 2.45) is 5.92 Å². The molecule has 0 aliphatic carbocycles. The van der Waals surface area contributed by atoms with E-state index < -0.39 is 0 Å². The molecule has 0 fully saturated rings. The van der Waals surface area contributed by atoms with Gasteiger partial charge >= 0.3 is 0 Å². The largest absolute Gasteiger partial charge is 0.368 e. The standard InChI is InChI=1S/C18H33N3/c1-7-17(8-2)21(13-14(3)4)18-9-10-19-11-16(18)12-20-15(5)6/h9-11,14-15,17,20H,7-8,12-13H2,1-6H3. The molecule has 120 valence electrons. The fraction of sp³-hybridized carbons (Fsp3) is 0.722. The SMILES string of the molecule is CCC(CC)N(CC(C)C)c1ccncc1CNC(C)C. The summed E-state index contributed by atoms with van der Waals surface area (Å²) in [6.45, 7) is 15.5. The number of aromatic nitrogens is 1. The molecule has 0 atom stereocenters. The van der Waals surface area contributed by atoms with Crippen LogP contribution in [0.2, 0.25) is 0 Å². The van der Waals surface area contributed by atoms with Crippen LogP contribution in [0.5, 0.6) is 0 Å². The average molecular weight is 291 g/mol. The maximum Gasteiger partial charge on any atom is 0.0445 e. The molecule has 0 radical (unpaired) electrons. The molecule has 0 saturated carbocycles. The molecule has 0 aromatic carbocycles. The van der Waals surface area contributed by atoms with Gasteiger partial charge in [-0.1, -0.05) is 41.5 Å². The lowest BCUT2D eigenvalue weighted by Gasteiger charge is -2.35. The van der Waals surface area contributed by atoms with E-state index in [0.29, 0.717) is 18.0 Å². The van der Waals surface area contributed by atoms with Crippen molar-refractivity contribution in [3.05, 3.63) is 24.0 Å². The van der Waals surface area contributed by atoms with Gasteiger partial charge in [0, 0.05) is 48.8 Å². The number of hydrogen-bond acceptors (Lipinski definition) is 3. The van der Waals surface area contributed by atoms with Crippen LogP contribution in [0.4, 0.5) is 5.69 Å². The lowest BCUT2D eigenvalue weighted by atomic mass is 10.0. The number of rotatable bonds is 9. The van der Waals surface area contributed by atoms with Crippen LogP contribution in [0.3, 0.4) is 0 Å². The second-order valence-corrected chi connectivity index (χ2v) is 6.56. The molecule has 1 aromatic heterocycles. The first-order chi connectivity index (χ1) is 9.99. The van der Waals surface area contributed by atoms with Gasteiger partial charge in [0.1, 0.15) is 0 Å². The fourth-order valence-corrected chi connectivity index (χ4v) is 2.72. The van der Waals surface area contributed by atoms with E-state index in [1.54, 1.807) is 0 Å². The van der Waals surface area contributed by atoms with Crippen LogP contribution in [0.15, 0.2) is 18.5 Å². The lowest BCUT2D eigenvalue weighted by molar-refractivity contribution is 0.503. The summed E-state index contributed by atoms with van der Waals surface area (Å²) in [6.07, 6.45) is 6.30. The van der Waals surface area contributed by atoms with Gasteiger partial charge in [0.2, 0.25) is 0 Å². The Labute approximate surface area is 131 Å². The highest BCUT2D eigenvalue weighted by Crippen LogP contribution is 2.25. The highest BCUT2D eigenvalue weighted by Gasteiger charge is 2.19. The van der Waals surface area contributed by atoms with Crippen molar-refractivity contribution in [3.8, 4) is 0 Å². The van der Waals surface area contributed by atoms with E-state index >= 15 is 0 Å². The molecule has 0 saturated heterocycles. The zero-order valence-electron chi connectivity index (χ0n) is 14.7.